The van der Waals surface area contributed by atoms with Gasteiger partial charge in [0.25, 0.3) is 5.91 Å². The highest BCUT2D eigenvalue weighted by molar-refractivity contribution is 6.32. The number of halogens is 1. The molecule has 0 atom stereocenters. The van der Waals surface area contributed by atoms with Crippen LogP contribution >= 0.6 is 11.6 Å². The molecule has 0 aliphatic heterocycles. The number of amides is 1. The van der Waals surface area contributed by atoms with Crippen LogP contribution in [0.5, 0.6) is 0 Å². The molecule has 0 radical (unpaired) electrons. The van der Waals surface area contributed by atoms with Crippen LogP contribution < -0.4 is 16.0 Å². The molecular weight excluding hydrogens is 302 g/mol. The number of hydrogen-bond acceptors (Lipinski definition) is 5. The molecule has 1 heterocycles. The van der Waals surface area contributed by atoms with Crippen LogP contribution in [-0.2, 0) is 0 Å². The van der Waals surface area contributed by atoms with E-state index in [9.17, 15) is 4.79 Å². The van der Waals surface area contributed by atoms with Crippen molar-refractivity contribution in [2.24, 2.45) is 0 Å². The number of hydrogen-bond donors (Lipinski definition) is 3. The summed E-state index contributed by atoms with van der Waals surface area (Å²) in [6.45, 7) is 7.80. The summed E-state index contributed by atoms with van der Waals surface area (Å²) in [7, 11) is 0. The third kappa shape index (κ3) is 3.39. The third-order valence-corrected chi connectivity index (χ3v) is 3.22. The Morgan fingerprint density at radius 2 is 1.68 bits per heavy atom. The van der Waals surface area contributed by atoms with Crippen LogP contribution in [0.1, 0.15) is 31.1 Å². The van der Waals surface area contributed by atoms with Crippen LogP contribution in [0.4, 0.5) is 11.6 Å². The van der Waals surface area contributed by atoms with Crippen molar-refractivity contribution in [2.75, 3.05) is 30.3 Å². The molecule has 0 aliphatic rings. The topological polar surface area (TPSA) is 78.9 Å². The van der Waals surface area contributed by atoms with Gasteiger partial charge < -0.3 is 16.0 Å². The fourth-order valence-corrected chi connectivity index (χ4v) is 2.35. The summed E-state index contributed by atoms with van der Waals surface area (Å²) in [6.07, 6.45) is 0. The monoisotopic (exact) mass is 321 g/mol. The van der Waals surface area contributed by atoms with Gasteiger partial charge in [0.15, 0.2) is 11.6 Å². The van der Waals surface area contributed by atoms with E-state index >= 15 is 0 Å². The Morgan fingerprint density at radius 3 is 2.27 bits per heavy atom. The maximum atomic E-state index is 12.2. The Morgan fingerprint density at radius 1 is 1.05 bits per heavy atom. The standard InChI is InChI=1S/C15H20ClN5O/c1-4-17-13-14(18-5-2)21-12-10(15(22)19-6-3)7-9(16)8-11(12)20-13/h7-8H,4-6H2,1-3H3,(H,17,20)(H,18,21)(H,19,22). The van der Waals surface area contributed by atoms with Gasteiger partial charge in [-0.15, -0.1) is 0 Å². The molecule has 6 nitrogen and oxygen atoms in total. The first-order chi connectivity index (χ1) is 10.6. The van der Waals surface area contributed by atoms with Crippen molar-refractivity contribution >= 4 is 40.2 Å². The van der Waals surface area contributed by atoms with Crippen LogP contribution in [-0.4, -0.2) is 35.5 Å². The molecule has 1 aromatic heterocycles. The summed E-state index contributed by atoms with van der Waals surface area (Å²) in [6, 6.07) is 3.33. The van der Waals surface area contributed by atoms with Crippen molar-refractivity contribution < 1.29 is 4.79 Å². The highest BCUT2D eigenvalue weighted by Crippen LogP contribution is 2.26. The van der Waals surface area contributed by atoms with Crippen molar-refractivity contribution in [1.82, 2.24) is 15.3 Å². The Labute approximate surface area is 134 Å². The second kappa shape index (κ2) is 7.26. The largest absolute Gasteiger partial charge is 0.367 e. The van der Waals surface area contributed by atoms with E-state index in [0.29, 0.717) is 46.3 Å². The summed E-state index contributed by atoms with van der Waals surface area (Å²) in [5.74, 6) is 1.08. The maximum Gasteiger partial charge on any atom is 0.253 e. The van der Waals surface area contributed by atoms with Crippen LogP contribution in [0, 0.1) is 0 Å². The Hall–Kier alpha value is -2.08. The minimum atomic E-state index is -0.206. The van der Waals surface area contributed by atoms with E-state index in [-0.39, 0.29) is 5.91 Å². The lowest BCUT2D eigenvalue weighted by atomic mass is 10.1. The Kier molecular flexibility index (Phi) is 5.38. The van der Waals surface area contributed by atoms with Crippen LogP contribution in [0.3, 0.4) is 0 Å². The second-order valence-electron chi connectivity index (χ2n) is 4.66. The van der Waals surface area contributed by atoms with E-state index in [4.69, 9.17) is 11.6 Å². The van der Waals surface area contributed by atoms with Crippen molar-refractivity contribution in [1.29, 1.82) is 0 Å². The molecule has 22 heavy (non-hydrogen) atoms. The van der Waals surface area contributed by atoms with Crippen molar-refractivity contribution in [3.05, 3.63) is 22.7 Å². The van der Waals surface area contributed by atoms with E-state index in [1.54, 1.807) is 12.1 Å². The van der Waals surface area contributed by atoms with E-state index in [2.05, 4.69) is 25.9 Å². The van der Waals surface area contributed by atoms with E-state index in [1.807, 2.05) is 20.8 Å². The molecule has 3 N–H and O–H groups in total. The molecule has 0 spiro atoms. The smallest absolute Gasteiger partial charge is 0.253 e. The van der Waals surface area contributed by atoms with E-state index < -0.39 is 0 Å². The minimum absolute atomic E-state index is 0.206. The number of nitrogens with one attached hydrogen (secondary N) is 3. The number of anilines is 2. The Balaban J connectivity index is 2.65. The molecule has 118 valence electrons. The summed E-state index contributed by atoms with van der Waals surface area (Å²) in [4.78, 5) is 21.3. The normalized spacial score (nSPS) is 10.5. The molecule has 7 heteroatoms. The van der Waals surface area contributed by atoms with E-state index in [0.717, 1.165) is 6.54 Å². The number of rotatable bonds is 6. The lowest BCUT2D eigenvalue weighted by molar-refractivity contribution is 0.0957. The van der Waals surface area contributed by atoms with Gasteiger partial charge in [0.1, 0.15) is 5.52 Å². The van der Waals surface area contributed by atoms with Crippen LogP contribution in [0.15, 0.2) is 12.1 Å². The van der Waals surface area contributed by atoms with Gasteiger partial charge in [0.2, 0.25) is 0 Å². The van der Waals surface area contributed by atoms with Crippen LogP contribution in [0.25, 0.3) is 11.0 Å². The van der Waals surface area contributed by atoms with Gasteiger partial charge in [-0.05, 0) is 32.9 Å². The fourth-order valence-electron chi connectivity index (χ4n) is 2.14. The number of carbonyl (C=O) groups excluding carboxylic acids is 1. The summed E-state index contributed by atoms with van der Waals surface area (Å²) < 4.78 is 0. The predicted octanol–water partition coefficient (Wildman–Crippen LogP) is 2.90. The average molecular weight is 322 g/mol. The zero-order valence-electron chi connectivity index (χ0n) is 13.0. The van der Waals surface area contributed by atoms with Crippen molar-refractivity contribution in [3.63, 3.8) is 0 Å². The van der Waals surface area contributed by atoms with Gasteiger partial charge in [0.05, 0.1) is 11.1 Å². The molecule has 1 amide bonds. The third-order valence-electron chi connectivity index (χ3n) is 3.01. The molecular formula is C15H20ClN5O. The Bertz CT molecular complexity index is 689. The second-order valence-corrected chi connectivity index (χ2v) is 5.10. The first-order valence-corrected chi connectivity index (χ1v) is 7.75. The van der Waals surface area contributed by atoms with Gasteiger partial charge in [-0.3, -0.25) is 4.79 Å². The number of fused-ring (bicyclic) bond motifs is 1. The zero-order valence-corrected chi connectivity index (χ0v) is 13.7. The molecule has 0 saturated heterocycles. The lowest BCUT2D eigenvalue weighted by Gasteiger charge is -2.13. The minimum Gasteiger partial charge on any atom is -0.367 e. The van der Waals surface area contributed by atoms with Crippen molar-refractivity contribution in [3.8, 4) is 0 Å². The van der Waals surface area contributed by atoms with Crippen molar-refractivity contribution in [2.45, 2.75) is 20.8 Å². The number of carbonyl (C=O) groups is 1. The van der Waals surface area contributed by atoms with Gasteiger partial charge in [0, 0.05) is 24.7 Å². The first kappa shape index (κ1) is 16.3. The summed E-state index contributed by atoms with van der Waals surface area (Å²) >= 11 is 6.11. The van der Waals surface area contributed by atoms with Gasteiger partial charge in [-0.1, -0.05) is 11.6 Å². The highest BCUT2D eigenvalue weighted by atomic mass is 35.5. The predicted molar refractivity (Wildman–Crippen MR) is 90.9 cm³/mol. The zero-order chi connectivity index (χ0) is 16.1. The molecule has 2 rings (SSSR count). The SMILES string of the molecule is CCNC(=O)c1cc(Cl)cc2nc(NCC)c(NCC)nc12. The van der Waals surface area contributed by atoms with Gasteiger partial charge >= 0.3 is 0 Å². The molecule has 0 aliphatic carbocycles. The van der Waals surface area contributed by atoms with Gasteiger partial charge in [-0.2, -0.15) is 0 Å². The molecule has 1 aromatic carbocycles. The highest BCUT2D eigenvalue weighted by Gasteiger charge is 2.16. The lowest BCUT2D eigenvalue weighted by Crippen LogP contribution is -2.23. The first-order valence-electron chi connectivity index (χ1n) is 7.37. The molecule has 0 unspecified atom stereocenters. The number of nitrogens with zero attached hydrogens (tertiary/aromatic N) is 2. The molecule has 0 fully saturated rings. The molecule has 0 saturated carbocycles. The molecule has 2 aromatic rings. The summed E-state index contributed by atoms with van der Waals surface area (Å²) in [5, 5.41) is 9.56. The molecule has 0 bridgehead atoms. The fraction of sp³-hybridized carbons (Fsp3) is 0.400. The number of benzene rings is 1. The van der Waals surface area contributed by atoms with E-state index in [1.165, 1.54) is 0 Å². The van der Waals surface area contributed by atoms with Crippen LogP contribution in [0.2, 0.25) is 5.02 Å². The quantitative estimate of drug-likeness (QED) is 0.762. The van der Waals surface area contributed by atoms with Gasteiger partial charge in [-0.25, -0.2) is 9.97 Å². The number of aromatic nitrogens is 2. The maximum absolute atomic E-state index is 12.2. The summed E-state index contributed by atoms with van der Waals surface area (Å²) in [5.41, 5.74) is 1.55. The average Bonchev–Trinajstić information content (AvgIpc) is 2.48.